The first kappa shape index (κ1) is 23.1. The van der Waals surface area contributed by atoms with E-state index in [9.17, 15) is 10.1 Å². The van der Waals surface area contributed by atoms with Crippen LogP contribution in [0.2, 0.25) is 0 Å². The normalized spacial score (nSPS) is 22.9. The lowest BCUT2D eigenvalue weighted by molar-refractivity contribution is 0.0757. The summed E-state index contributed by atoms with van der Waals surface area (Å²) in [6, 6.07) is 20.4. The van der Waals surface area contributed by atoms with E-state index in [0.29, 0.717) is 37.2 Å². The van der Waals surface area contributed by atoms with Crippen LogP contribution in [0, 0.1) is 11.3 Å². The van der Waals surface area contributed by atoms with Crippen molar-refractivity contribution in [1.82, 2.24) is 10.3 Å². The van der Waals surface area contributed by atoms with Crippen molar-refractivity contribution in [2.75, 3.05) is 13.7 Å². The van der Waals surface area contributed by atoms with Crippen LogP contribution in [0.15, 0.2) is 60.8 Å². The lowest BCUT2D eigenvalue weighted by atomic mass is 9.68. The molecule has 3 aromatic rings. The average molecular weight is 468 g/mol. The molecule has 0 unspecified atom stereocenters. The van der Waals surface area contributed by atoms with E-state index in [0.717, 1.165) is 35.4 Å². The van der Waals surface area contributed by atoms with Gasteiger partial charge < -0.3 is 14.8 Å². The van der Waals surface area contributed by atoms with Crippen LogP contribution in [0.1, 0.15) is 69.9 Å². The zero-order valence-corrected chi connectivity index (χ0v) is 20.1. The second-order valence-corrected chi connectivity index (χ2v) is 9.71. The molecule has 6 nitrogen and oxygen atoms in total. The number of methoxy groups -OCH3 is 1. The van der Waals surface area contributed by atoms with Crippen molar-refractivity contribution in [2.45, 2.75) is 50.2 Å². The Labute approximate surface area is 205 Å². The van der Waals surface area contributed by atoms with Crippen molar-refractivity contribution in [2.24, 2.45) is 0 Å². The standard InChI is InChI=1S/C29H29N3O3/c1-29(17-30)18-35-16-22-4-3-21(14-27(22)29)28(33)32-15-25-13-20(9-10-31-25)24-11-23(12-24)19-5-7-26(34-2)8-6-19/h3-10,13-14,23-24H,11-12,15-16,18H2,1-2H3,(H,32,33)/t23-,24-,29-/m1/s1. The molecule has 2 aromatic carbocycles. The number of nitrogens with one attached hydrogen (secondary N) is 1. The molecule has 0 saturated heterocycles. The summed E-state index contributed by atoms with van der Waals surface area (Å²) < 4.78 is 10.8. The summed E-state index contributed by atoms with van der Waals surface area (Å²) in [6.07, 6.45) is 4.05. The number of nitrogens with zero attached hydrogens (tertiary/aromatic N) is 2. The zero-order chi connectivity index (χ0) is 24.4. The third kappa shape index (κ3) is 4.65. The molecule has 35 heavy (non-hydrogen) atoms. The molecule has 1 amide bonds. The highest BCUT2D eigenvalue weighted by Gasteiger charge is 2.34. The van der Waals surface area contributed by atoms with Crippen molar-refractivity contribution >= 4 is 5.91 Å². The highest BCUT2D eigenvalue weighted by Crippen LogP contribution is 2.47. The van der Waals surface area contributed by atoms with Crippen LogP contribution in [-0.4, -0.2) is 24.6 Å². The minimum atomic E-state index is -0.744. The number of pyridine rings is 1. The van der Waals surface area contributed by atoms with E-state index in [1.54, 1.807) is 13.2 Å². The summed E-state index contributed by atoms with van der Waals surface area (Å²) in [4.78, 5) is 17.3. The molecule has 5 rings (SSSR count). The number of benzene rings is 2. The molecule has 1 N–H and O–H groups in total. The molecule has 1 aliphatic carbocycles. The maximum Gasteiger partial charge on any atom is 0.251 e. The Balaban J connectivity index is 1.20. The summed E-state index contributed by atoms with van der Waals surface area (Å²) >= 11 is 0. The van der Waals surface area contributed by atoms with Gasteiger partial charge in [-0.15, -0.1) is 0 Å². The molecular weight excluding hydrogens is 438 g/mol. The predicted molar refractivity (Wildman–Crippen MR) is 132 cm³/mol. The van der Waals surface area contributed by atoms with Gasteiger partial charge in [0.15, 0.2) is 0 Å². The van der Waals surface area contributed by atoms with Crippen molar-refractivity contribution in [3.8, 4) is 11.8 Å². The molecule has 1 atom stereocenters. The average Bonchev–Trinajstić information content (AvgIpc) is 2.87. The zero-order valence-electron chi connectivity index (χ0n) is 20.1. The largest absolute Gasteiger partial charge is 0.497 e. The fourth-order valence-corrected chi connectivity index (χ4v) is 5.05. The minimum Gasteiger partial charge on any atom is -0.497 e. The van der Waals surface area contributed by atoms with Gasteiger partial charge in [0.1, 0.15) is 11.2 Å². The summed E-state index contributed by atoms with van der Waals surface area (Å²) in [5, 5.41) is 12.6. The molecule has 0 bridgehead atoms. The maximum absolute atomic E-state index is 12.9. The first-order chi connectivity index (χ1) is 17.0. The number of nitriles is 1. The Kier molecular flexibility index (Phi) is 6.27. The van der Waals surface area contributed by atoms with Crippen molar-refractivity contribution in [3.63, 3.8) is 0 Å². The molecule has 2 heterocycles. The van der Waals surface area contributed by atoms with E-state index in [1.807, 2.05) is 37.4 Å². The van der Waals surface area contributed by atoms with Gasteiger partial charge in [0.2, 0.25) is 0 Å². The van der Waals surface area contributed by atoms with Crippen LogP contribution < -0.4 is 10.1 Å². The van der Waals surface area contributed by atoms with Crippen LogP contribution in [0.25, 0.3) is 0 Å². The molecular formula is C29H29N3O3. The Morgan fingerprint density at radius 3 is 2.66 bits per heavy atom. The van der Waals surface area contributed by atoms with Gasteiger partial charge in [-0.25, -0.2) is 0 Å². The molecule has 0 spiro atoms. The topological polar surface area (TPSA) is 84.2 Å². The Morgan fingerprint density at radius 2 is 1.91 bits per heavy atom. The van der Waals surface area contributed by atoms with Gasteiger partial charge in [-0.05, 0) is 90.3 Å². The lowest BCUT2D eigenvalue weighted by Gasteiger charge is -2.36. The van der Waals surface area contributed by atoms with Gasteiger partial charge in [0.25, 0.3) is 5.91 Å². The van der Waals surface area contributed by atoms with E-state index in [2.05, 4.69) is 40.6 Å². The van der Waals surface area contributed by atoms with Gasteiger partial charge in [-0.3, -0.25) is 9.78 Å². The van der Waals surface area contributed by atoms with Crippen LogP contribution >= 0.6 is 0 Å². The number of hydrogen-bond acceptors (Lipinski definition) is 5. The number of carbonyl (C=O) groups is 1. The highest BCUT2D eigenvalue weighted by atomic mass is 16.5. The number of carbonyl (C=O) groups excluding carboxylic acids is 1. The SMILES string of the molecule is COc1ccc([C@H]2C[C@H](c3ccnc(CNC(=O)c4ccc5c(c4)[C@](C)(C#N)COC5)c3)C2)cc1. The maximum atomic E-state index is 12.9. The van der Waals surface area contributed by atoms with Crippen LogP contribution in [-0.2, 0) is 23.3 Å². The first-order valence-electron chi connectivity index (χ1n) is 12.0. The molecule has 0 radical (unpaired) electrons. The molecule has 2 aliphatic rings. The van der Waals surface area contributed by atoms with E-state index in [-0.39, 0.29) is 5.91 Å². The molecule has 1 fully saturated rings. The number of ether oxygens (including phenoxy) is 2. The minimum absolute atomic E-state index is 0.171. The number of fused-ring (bicyclic) bond motifs is 1. The summed E-state index contributed by atoms with van der Waals surface area (Å²) in [7, 11) is 1.68. The van der Waals surface area contributed by atoms with Crippen molar-refractivity contribution < 1.29 is 14.3 Å². The van der Waals surface area contributed by atoms with Gasteiger partial charge in [-0.1, -0.05) is 18.2 Å². The fourth-order valence-electron chi connectivity index (χ4n) is 5.05. The predicted octanol–water partition coefficient (Wildman–Crippen LogP) is 4.99. The third-order valence-corrected chi connectivity index (χ3v) is 7.33. The number of rotatable bonds is 6. The number of hydrogen-bond donors (Lipinski definition) is 1. The molecule has 1 saturated carbocycles. The van der Waals surface area contributed by atoms with Crippen molar-refractivity contribution in [1.29, 1.82) is 5.26 Å². The molecule has 1 aromatic heterocycles. The second kappa shape index (κ2) is 9.52. The monoisotopic (exact) mass is 467 g/mol. The first-order valence-corrected chi connectivity index (χ1v) is 12.0. The van der Waals surface area contributed by atoms with E-state index >= 15 is 0 Å². The number of aromatic nitrogens is 1. The van der Waals surface area contributed by atoms with Gasteiger partial charge in [0.05, 0.1) is 38.6 Å². The Morgan fingerprint density at radius 1 is 1.14 bits per heavy atom. The summed E-state index contributed by atoms with van der Waals surface area (Å²) in [6.45, 7) is 3.00. The summed E-state index contributed by atoms with van der Waals surface area (Å²) in [5.41, 5.74) is 5.10. The van der Waals surface area contributed by atoms with Gasteiger partial charge in [-0.2, -0.15) is 5.26 Å². The molecule has 1 aliphatic heterocycles. The van der Waals surface area contributed by atoms with Crippen LogP contribution in [0.3, 0.4) is 0 Å². The Hall–Kier alpha value is -3.69. The van der Waals surface area contributed by atoms with Crippen LogP contribution in [0.5, 0.6) is 5.75 Å². The molecule has 6 heteroatoms. The van der Waals surface area contributed by atoms with E-state index in [1.165, 1.54) is 11.1 Å². The quantitative estimate of drug-likeness (QED) is 0.552. The Bertz CT molecular complexity index is 1280. The third-order valence-electron chi connectivity index (χ3n) is 7.33. The molecule has 178 valence electrons. The van der Waals surface area contributed by atoms with Crippen LogP contribution in [0.4, 0.5) is 0 Å². The highest BCUT2D eigenvalue weighted by molar-refractivity contribution is 5.94. The van der Waals surface area contributed by atoms with E-state index < -0.39 is 5.41 Å². The van der Waals surface area contributed by atoms with Gasteiger partial charge in [0, 0.05) is 11.8 Å². The smallest absolute Gasteiger partial charge is 0.251 e. The van der Waals surface area contributed by atoms with Crippen molar-refractivity contribution in [3.05, 3.63) is 94.3 Å². The number of amides is 1. The fraction of sp³-hybridized carbons (Fsp3) is 0.345. The van der Waals surface area contributed by atoms with E-state index in [4.69, 9.17) is 9.47 Å². The second-order valence-electron chi connectivity index (χ2n) is 9.71. The lowest BCUT2D eigenvalue weighted by Crippen LogP contribution is -2.33. The summed E-state index contributed by atoms with van der Waals surface area (Å²) in [5.74, 6) is 1.78. The van der Waals surface area contributed by atoms with Gasteiger partial charge >= 0.3 is 0 Å².